The minimum absolute atomic E-state index is 0.0907. The zero-order valence-corrected chi connectivity index (χ0v) is 24.4. The number of halogens is 2. The summed E-state index contributed by atoms with van der Waals surface area (Å²) >= 11 is 12.6. The third kappa shape index (κ3) is 8.03. The lowest BCUT2D eigenvalue weighted by Gasteiger charge is -2.19. The van der Waals surface area contributed by atoms with Crippen molar-refractivity contribution in [3.63, 3.8) is 0 Å². The molecule has 6 nitrogen and oxygen atoms in total. The third-order valence-corrected chi connectivity index (χ3v) is 7.31. The fourth-order valence-electron chi connectivity index (χ4n) is 4.25. The zero-order valence-electron chi connectivity index (χ0n) is 22.9. The molecule has 0 aliphatic carbocycles. The second-order valence-electron chi connectivity index (χ2n) is 9.88. The van der Waals surface area contributed by atoms with E-state index in [2.05, 4.69) is 24.5 Å². The molecule has 0 bridgehead atoms. The molecule has 0 heterocycles. The molecule has 3 N–H and O–H groups in total. The molecule has 0 saturated carbocycles. The van der Waals surface area contributed by atoms with Gasteiger partial charge in [-0.05, 0) is 47.4 Å². The number of ether oxygens (including phenoxy) is 1. The van der Waals surface area contributed by atoms with Gasteiger partial charge in [0, 0.05) is 23.6 Å². The highest BCUT2D eigenvalue weighted by Gasteiger charge is 2.24. The zero-order chi connectivity index (χ0) is 29.4. The summed E-state index contributed by atoms with van der Waals surface area (Å²) in [7, 11) is 0. The number of anilines is 1. The maximum Gasteiger partial charge on any atom is 0.326 e. The van der Waals surface area contributed by atoms with Crippen LogP contribution in [0.4, 0.5) is 5.69 Å². The second-order valence-corrected chi connectivity index (χ2v) is 10.7. The normalized spacial score (nSPS) is 12.3. The number of rotatable bonds is 12. The molecule has 2 unspecified atom stereocenters. The maximum atomic E-state index is 13.3. The van der Waals surface area contributed by atoms with E-state index in [-0.39, 0.29) is 17.0 Å². The lowest BCUT2D eigenvalue weighted by molar-refractivity contribution is -0.139. The number of nitrogens with one attached hydrogen (secondary N) is 2. The van der Waals surface area contributed by atoms with Crippen LogP contribution >= 0.6 is 23.2 Å². The van der Waals surface area contributed by atoms with Gasteiger partial charge in [0.1, 0.15) is 17.5 Å². The average molecular weight is 592 g/mol. The van der Waals surface area contributed by atoms with E-state index in [0.29, 0.717) is 28.9 Å². The van der Waals surface area contributed by atoms with Gasteiger partial charge in [0.15, 0.2) is 0 Å². The molecule has 4 aromatic carbocycles. The first-order chi connectivity index (χ1) is 19.7. The molecule has 212 valence electrons. The number of amides is 1. The Morgan fingerprint density at radius 3 is 2.29 bits per heavy atom. The largest absolute Gasteiger partial charge is 0.480 e. The quantitative estimate of drug-likeness (QED) is 0.154. The summed E-state index contributed by atoms with van der Waals surface area (Å²) in [5.41, 5.74) is 3.20. The molecule has 0 aromatic heterocycles. The topological polar surface area (TPSA) is 87.7 Å². The van der Waals surface area contributed by atoms with Gasteiger partial charge >= 0.3 is 5.97 Å². The fourth-order valence-corrected chi connectivity index (χ4v) is 4.82. The fraction of sp³-hybridized carbons (Fsp3) is 0.212. The van der Waals surface area contributed by atoms with E-state index in [0.717, 1.165) is 28.9 Å². The van der Waals surface area contributed by atoms with Crippen LogP contribution in [-0.2, 0) is 11.2 Å². The summed E-state index contributed by atoms with van der Waals surface area (Å²) in [6.07, 6.45) is 1.04. The molecule has 0 aliphatic rings. The number of carboxylic acids is 1. The SMILES string of the molecule is CCC(C)CNc1c(Cl)cc(Cl)cc1C(=O)NC(Cc1ccc(-c2ccccc2Oc2ccccc2)cc1)C(=O)O. The van der Waals surface area contributed by atoms with Crippen LogP contribution in [0.1, 0.15) is 36.2 Å². The van der Waals surface area contributed by atoms with Crippen molar-refractivity contribution in [3.8, 4) is 22.6 Å². The predicted octanol–water partition coefficient (Wildman–Crippen LogP) is 8.34. The van der Waals surface area contributed by atoms with Crippen LogP contribution in [0.25, 0.3) is 11.1 Å². The van der Waals surface area contributed by atoms with E-state index in [9.17, 15) is 14.7 Å². The minimum atomic E-state index is -1.16. The Labute approximate surface area is 250 Å². The van der Waals surface area contributed by atoms with Crippen LogP contribution in [0.3, 0.4) is 0 Å². The van der Waals surface area contributed by atoms with Gasteiger partial charge in [-0.2, -0.15) is 0 Å². The van der Waals surface area contributed by atoms with Gasteiger partial charge in [0.05, 0.1) is 16.3 Å². The van der Waals surface area contributed by atoms with Crippen molar-refractivity contribution in [1.29, 1.82) is 0 Å². The van der Waals surface area contributed by atoms with E-state index in [1.165, 1.54) is 6.07 Å². The monoisotopic (exact) mass is 590 g/mol. The number of hydrogen-bond donors (Lipinski definition) is 3. The van der Waals surface area contributed by atoms with Crippen molar-refractivity contribution >= 4 is 40.8 Å². The summed E-state index contributed by atoms with van der Waals surface area (Å²) in [5.74, 6) is 0.0727. The summed E-state index contributed by atoms with van der Waals surface area (Å²) < 4.78 is 6.09. The number of benzene rings is 4. The van der Waals surface area contributed by atoms with Crippen LogP contribution in [0, 0.1) is 5.92 Å². The molecule has 41 heavy (non-hydrogen) atoms. The Balaban J connectivity index is 1.50. The van der Waals surface area contributed by atoms with Gasteiger partial charge < -0.3 is 20.5 Å². The van der Waals surface area contributed by atoms with E-state index in [1.807, 2.05) is 78.9 Å². The molecule has 4 aromatic rings. The highest BCUT2D eigenvalue weighted by Crippen LogP contribution is 2.34. The van der Waals surface area contributed by atoms with E-state index in [4.69, 9.17) is 27.9 Å². The summed E-state index contributed by atoms with van der Waals surface area (Å²) in [4.78, 5) is 25.4. The van der Waals surface area contributed by atoms with Crippen LogP contribution in [0.15, 0.2) is 91.0 Å². The van der Waals surface area contributed by atoms with E-state index in [1.54, 1.807) is 6.07 Å². The van der Waals surface area contributed by atoms with Crippen molar-refractivity contribution in [2.24, 2.45) is 5.92 Å². The number of carboxylic acid groups (broad SMARTS) is 1. The highest BCUT2D eigenvalue weighted by atomic mass is 35.5. The van der Waals surface area contributed by atoms with Crippen LogP contribution in [-0.4, -0.2) is 29.6 Å². The molecule has 4 rings (SSSR count). The van der Waals surface area contributed by atoms with Crippen LogP contribution in [0.2, 0.25) is 10.0 Å². The lowest BCUT2D eigenvalue weighted by Crippen LogP contribution is -2.42. The third-order valence-electron chi connectivity index (χ3n) is 6.79. The van der Waals surface area contributed by atoms with E-state index < -0.39 is 17.9 Å². The molecule has 0 radical (unpaired) electrons. The Morgan fingerprint density at radius 2 is 1.61 bits per heavy atom. The minimum Gasteiger partial charge on any atom is -0.480 e. The molecule has 1 amide bonds. The van der Waals surface area contributed by atoms with Crippen molar-refractivity contribution in [2.45, 2.75) is 32.7 Å². The number of carbonyl (C=O) groups is 2. The standard InChI is InChI=1S/C33H32Cl2N2O4/c1-3-21(2)20-36-31-27(18-24(34)19-28(31)35)32(38)37-29(33(39)40)17-22-13-15-23(16-14-22)26-11-7-8-12-30(26)41-25-9-5-4-6-10-25/h4-16,18-19,21,29,36H,3,17,20H2,1-2H3,(H,37,38)(H,39,40). The molecular formula is C33H32Cl2N2O4. The molecule has 0 fully saturated rings. The first-order valence-corrected chi connectivity index (χ1v) is 14.2. The number of hydrogen-bond acceptors (Lipinski definition) is 4. The van der Waals surface area contributed by atoms with Crippen molar-refractivity contribution in [3.05, 3.63) is 112 Å². The Morgan fingerprint density at radius 1 is 0.927 bits per heavy atom. The molecule has 0 spiro atoms. The smallest absolute Gasteiger partial charge is 0.326 e. The summed E-state index contributed by atoms with van der Waals surface area (Å²) in [5, 5.41) is 16.4. The highest BCUT2D eigenvalue weighted by molar-refractivity contribution is 6.37. The first-order valence-electron chi connectivity index (χ1n) is 13.4. The van der Waals surface area contributed by atoms with Gasteiger partial charge in [0.25, 0.3) is 5.91 Å². The van der Waals surface area contributed by atoms with Gasteiger partial charge in [-0.25, -0.2) is 4.79 Å². The Bertz CT molecular complexity index is 1490. The molecular weight excluding hydrogens is 559 g/mol. The van der Waals surface area contributed by atoms with Gasteiger partial charge in [-0.3, -0.25) is 4.79 Å². The molecule has 2 atom stereocenters. The van der Waals surface area contributed by atoms with Crippen molar-refractivity contribution < 1.29 is 19.4 Å². The molecule has 0 aliphatic heterocycles. The summed E-state index contributed by atoms with van der Waals surface area (Å²) in [6.45, 7) is 4.76. The number of aliphatic carboxylic acids is 1. The van der Waals surface area contributed by atoms with Gasteiger partial charge in [-0.15, -0.1) is 0 Å². The van der Waals surface area contributed by atoms with Gasteiger partial charge in [0.2, 0.25) is 0 Å². The summed E-state index contributed by atoms with van der Waals surface area (Å²) in [6, 6.07) is 26.7. The van der Waals surface area contributed by atoms with Crippen molar-refractivity contribution in [1.82, 2.24) is 5.32 Å². The average Bonchev–Trinajstić information content (AvgIpc) is 2.97. The molecule has 8 heteroatoms. The Kier molecular flexibility index (Phi) is 10.3. The van der Waals surface area contributed by atoms with Crippen molar-refractivity contribution in [2.75, 3.05) is 11.9 Å². The second kappa shape index (κ2) is 14.1. The molecule has 0 saturated heterocycles. The van der Waals surface area contributed by atoms with Gasteiger partial charge in [-0.1, -0.05) is 104 Å². The maximum absolute atomic E-state index is 13.3. The lowest BCUT2D eigenvalue weighted by atomic mass is 9.99. The van der Waals surface area contributed by atoms with Crippen LogP contribution in [0.5, 0.6) is 11.5 Å². The number of carbonyl (C=O) groups excluding carboxylic acids is 1. The number of para-hydroxylation sites is 2. The predicted molar refractivity (Wildman–Crippen MR) is 165 cm³/mol. The first kappa shape index (κ1) is 30.0. The van der Waals surface area contributed by atoms with Crippen LogP contribution < -0.4 is 15.4 Å². The van der Waals surface area contributed by atoms with E-state index >= 15 is 0 Å². The Hall–Kier alpha value is -4.00.